The Morgan fingerprint density at radius 1 is 0.812 bits per heavy atom. The molecule has 0 bridgehead atoms. The summed E-state index contributed by atoms with van der Waals surface area (Å²) >= 11 is 0. The van der Waals surface area contributed by atoms with Crippen LogP contribution >= 0.6 is 0 Å². The highest BCUT2D eigenvalue weighted by Crippen LogP contribution is 2.57. The molecule has 0 N–H and O–H groups in total. The average Bonchev–Trinajstić information content (AvgIpc) is 2.81. The van der Waals surface area contributed by atoms with E-state index >= 15 is 0 Å². The monoisotopic (exact) mass is 435 g/mol. The number of non-ortho nitro benzene ring substituents is 1. The molecule has 9 nitrogen and oxygen atoms in total. The van der Waals surface area contributed by atoms with Crippen LogP contribution in [0, 0.1) is 15.5 Å². The molecular formula is C23H21N3O6. The van der Waals surface area contributed by atoms with Crippen LogP contribution < -0.4 is 0 Å². The Hall–Kier alpha value is -3.88. The molecule has 2 fully saturated rings. The lowest BCUT2D eigenvalue weighted by atomic mass is 9.54. The van der Waals surface area contributed by atoms with E-state index < -0.39 is 40.0 Å². The highest BCUT2D eigenvalue weighted by Gasteiger charge is 2.66. The van der Waals surface area contributed by atoms with E-state index in [1.807, 2.05) is 0 Å². The number of urea groups is 1. The van der Waals surface area contributed by atoms with Crippen molar-refractivity contribution in [3.05, 3.63) is 75.8 Å². The van der Waals surface area contributed by atoms with Crippen LogP contribution in [-0.2, 0) is 14.4 Å². The molecule has 2 atom stereocenters. The van der Waals surface area contributed by atoms with Crippen molar-refractivity contribution in [1.29, 1.82) is 0 Å². The van der Waals surface area contributed by atoms with Crippen LogP contribution in [0.5, 0.6) is 0 Å². The first kappa shape index (κ1) is 21.4. The van der Waals surface area contributed by atoms with Crippen LogP contribution in [0.15, 0.2) is 54.6 Å². The van der Waals surface area contributed by atoms with Crippen molar-refractivity contribution in [2.75, 3.05) is 14.1 Å². The number of imide groups is 2. The quantitative estimate of drug-likeness (QED) is 0.416. The van der Waals surface area contributed by atoms with Crippen molar-refractivity contribution in [3.8, 4) is 0 Å². The summed E-state index contributed by atoms with van der Waals surface area (Å²) < 4.78 is 0. The molecule has 0 radical (unpaired) electrons. The van der Waals surface area contributed by atoms with Gasteiger partial charge >= 0.3 is 6.03 Å². The molecule has 1 saturated heterocycles. The van der Waals surface area contributed by atoms with E-state index in [0.29, 0.717) is 11.1 Å². The summed E-state index contributed by atoms with van der Waals surface area (Å²) in [5, 5.41) is 11.1. The number of barbiturate groups is 1. The fraction of sp³-hybridized carbons (Fsp3) is 0.304. The van der Waals surface area contributed by atoms with Crippen LogP contribution in [0.1, 0.15) is 35.8 Å². The molecule has 1 spiro atoms. The molecule has 32 heavy (non-hydrogen) atoms. The zero-order valence-corrected chi connectivity index (χ0v) is 17.6. The number of ketones is 1. The summed E-state index contributed by atoms with van der Waals surface area (Å²) in [6, 6.07) is 13.6. The van der Waals surface area contributed by atoms with E-state index in [1.165, 1.54) is 38.4 Å². The summed E-state index contributed by atoms with van der Waals surface area (Å²) in [4.78, 5) is 65.3. The Kier molecular flexibility index (Phi) is 5.12. The molecule has 9 heteroatoms. The van der Waals surface area contributed by atoms with Crippen LogP contribution in [0.4, 0.5) is 10.5 Å². The van der Waals surface area contributed by atoms with Crippen LogP contribution in [0.25, 0.3) is 0 Å². The van der Waals surface area contributed by atoms with Crippen LogP contribution in [0.3, 0.4) is 0 Å². The summed E-state index contributed by atoms with van der Waals surface area (Å²) in [6.07, 6.45) is -0.116. The van der Waals surface area contributed by atoms with E-state index in [1.54, 1.807) is 30.3 Å². The summed E-state index contributed by atoms with van der Waals surface area (Å²) in [5.41, 5.74) is -0.772. The second-order valence-corrected chi connectivity index (χ2v) is 8.19. The molecule has 4 amide bonds. The van der Waals surface area contributed by atoms with Crippen LogP contribution in [0.2, 0.25) is 0 Å². The standard InChI is InChI=1S/C23H21N3O6/c1-24-20(28)23(21(29)25(2)22(24)30)18(14-6-4-3-5-7-14)12-17(27)13-19(23)15-8-10-16(11-9-15)26(31)32/h3-11,18-19H,12-13H2,1-2H3/t18-,19+/m1/s1. The van der Waals surface area contributed by atoms with Gasteiger partial charge in [0, 0.05) is 50.9 Å². The Labute approximate surface area is 183 Å². The largest absolute Gasteiger partial charge is 0.332 e. The third-order valence-corrected chi connectivity index (χ3v) is 6.56. The Balaban J connectivity index is 1.97. The predicted molar refractivity (Wildman–Crippen MR) is 113 cm³/mol. The number of benzene rings is 2. The molecule has 2 aromatic rings. The number of Topliss-reactive ketones (excluding diaryl/α,β-unsaturated/α-hetero) is 1. The summed E-state index contributed by atoms with van der Waals surface area (Å²) in [5.74, 6) is -3.14. The minimum Gasteiger partial charge on any atom is -0.300 e. The second kappa shape index (κ2) is 7.67. The average molecular weight is 435 g/mol. The van der Waals surface area contributed by atoms with Crippen LogP contribution in [-0.4, -0.2) is 52.4 Å². The SMILES string of the molecule is CN1C(=O)N(C)C(=O)C2(C1=O)[C@@H](c1ccccc1)CC(=O)C[C@H]2c1ccc([N+](=O)[O-])cc1. The lowest BCUT2D eigenvalue weighted by Crippen LogP contribution is -2.68. The highest BCUT2D eigenvalue weighted by molar-refractivity contribution is 6.21. The lowest BCUT2D eigenvalue weighted by molar-refractivity contribution is -0.384. The number of hydrogen-bond donors (Lipinski definition) is 0. The first-order chi connectivity index (χ1) is 15.2. The molecule has 2 aromatic carbocycles. The second-order valence-electron chi connectivity index (χ2n) is 8.19. The zero-order valence-electron chi connectivity index (χ0n) is 17.6. The van der Waals surface area contributed by atoms with E-state index in [4.69, 9.17) is 0 Å². The summed E-state index contributed by atoms with van der Waals surface area (Å²) in [6.45, 7) is 0. The third kappa shape index (κ3) is 3.00. The van der Waals surface area contributed by atoms with E-state index in [9.17, 15) is 29.3 Å². The van der Waals surface area contributed by atoms with Crippen molar-refractivity contribution >= 4 is 29.3 Å². The Morgan fingerprint density at radius 3 is 1.75 bits per heavy atom. The number of rotatable bonds is 3. The third-order valence-electron chi connectivity index (χ3n) is 6.56. The summed E-state index contributed by atoms with van der Waals surface area (Å²) in [7, 11) is 2.64. The molecule has 1 aliphatic heterocycles. The molecule has 1 saturated carbocycles. The van der Waals surface area contributed by atoms with Crippen molar-refractivity contribution in [2.24, 2.45) is 5.41 Å². The topological polar surface area (TPSA) is 118 Å². The number of nitrogens with zero attached hydrogens (tertiary/aromatic N) is 3. The molecule has 2 aliphatic rings. The molecule has 164 valence electrons. The van der Waals surface area contributed by atoms with Crippen molar-refractivity contribution < 1.29 is 24.1 Å². The number of carbonyl (C=O) groups is 4. The number of nitro benzene ring substituents is 1. The van der Waals surface area contributed by atoms with Crippen molar-refractivity contribution in [2.45, 2.75) is 24.7 Å². The van der Waals surface area contributed by atoms with Gasteiger partial charge in [0.25, 0.3) is 5.69 Å². The molecule has 1 aliphatic carbocycles. The maximum atomic E-state index is 13.8. The van der Waals surface area contributed by atoms with Gasteiger partial charge in [-0.1, -0.05) is 42.5 Å². The lowest BCUT2D eigenvalue weighted by Gasteiger charge is -2.51. The fourth-order valence-corrected chi connectivity index (χ4v) is 5.02. The minimum atomic E-state index is -1.73. The predicted octanol–water partition coefficient (Wildman–Crippen LogP) is 2.86. The van der Waals surface area contributed by atoms with Crippen molar-refractivity contribution in [3.63, 3.8) is 0 Å². The number of hydrogen-bond acceptors (Lipinski definition) is 6. The number of amides is 4. The number of carbonyl (C=O) groups excluding carboxylic acids is 4. The van der Waals surface area contributed by atoms with Gasteiger partial charge in [0.2, 0.25) is 11.8 Å². The molecule has 4 rings (SSSR count). The van der Waals surface area contributed by atoms with Gasteiger partial charge in [-0.2, -0.15) is 0 Å². The van der Waals surface area contributed by atoms with E-state index in [0.717, 1.165) is 9.80 Å². The molecule has 0 unspecified atom stereocenters. The van der Waals surface area contributed by atoms with E-state index in [-0.39, 0.29) is 24.3 Å². The van der Waals surface area contributed by atoms with Gasteiger partial charge in [0.05, 0.1) is 4.92 Å². The normalized spacial score (nSPS) is 23.1. The smallest absolute Gasteiger partial charge is 0.300 e. The van der Waals surface area contributed by atoms with Gasteiger partial charge in [0.1, 0.15) is 11.2 Å². The van der Waals surface area contributed by atoms with Gasteiger partial charge in [-0.25, -0.2) is 4.79 Å². The van der Waals surface area contributed by atoms with Crippen molar-refractivity contribution in [1.82, 2.24) is 9.80 Å². The highest BCUT2D eigenvalue weighted by atomic mass is 16.6. The first-order valence-electron chi connectivity index (χ1n) is 10.1. The van der Waals surface area contributed by atoms with E-state index in [2.05, 4.69) is 0 Å². The van der Waals surface area contributed by atoms with Gasteiger partial charge in [-0.15, -0.1) is 0 Å². The van der Waals surface area contributed by atoms with Gasteiger partial charge < -0.3 is 0 Å². The zero-order chi connectivity index (χ0) is 23.2. The maximum Gasteiger partial charge on any atom is 0.332 e. The maximum absolute atomic E-state index is 13.8. The molecular weight excluding hydrogens is 414 g/mol. The van der Waals surface area contributed by atoms with Gasteiger partial charge in [-0.3, -0.25) is 34.3 Å². The first-order valence-corrected chi connectivity index (χ1v) is 10.1. The van der Waals surface area contributed by atoms with Gasteiger partial charge in [0.15, 0.2) is 0 Å². The minimum absolute atomic E-state index is 0.0269. The fourth-order valence-electron chi connectivity index (χ4n) is 5.02. The number of nitro groups is 1. The Bertz CT molecular complexity index is 1100. The Morgan fingerprint density at radius 2 is 1.28 bits per heavy atom. The molecule has 1 heterocycles. The van der Waals surface area contributed by atoms with Gasteiger partial charge in [-0.05, 0) is 11.1 Å². The molecule has 0 aromatic heterocycles.